The van der Waals surface area contributed by atoms with E-state index in [9.17, 15) is 15.0 Å². The summed E-state index contributed by atoms with van der Waals surface area (Å²) >= 11 is 0. The topological polar surface area (TPSA) is 57.5 Å². The molecule has 0 heterocycles. The van der Waals surface area contributed by atoms with Crippen LogP contribution in [0.5, 0.6) is 0 Å². The molecule has 1 aliphatic rings. The van der Waals surface area contributed by atoms with Crippen LogP contribution in [0.25, 0.3) is 0 Å². The molecule has 2 unspecified atom stereocenters. The Morgan fingerprint density at radius 3 is 2.05 bits per heavy atom. The van der Waals surface area contributed by atoms with E-state index in [-0.39, 0.29) is 0 Å². The van der Waals surface area contributed by atoms with E-state index < -0.39 is 17.5 Å². The maximum Gasteiger partial charge on any atom is 0.322 e. The van der Waals surface area contributed by atoms with Crippen molar-refractivity contribution in [2.75, 3.05) is 0 Å². The second kappa shape index (κ2) is 4.62. The molecule has 20 heavy (non-hydrogen) atoms. The number of aliphatic hydroxyl groups excluding tert-OH is 1. The Labute approximate surface area is 116 Å². The summed E-state index contributed by atoms with van der Waals surface area (Å²) in [5.74, 6) is -0.950. The van der Waals surface area contributed by atoms with Crippen LogP contribution in [0.15, 0.2) is 72.3 Å². The highest BCUT2D eigenvalue weighted by molar-refractivity contribution is 5.95. The van der Waals surface area contributed by atoms with Gasteiger partial charge in [0.1, 0.15) is 11.5 Å². The fourth-order valence-electron chi connectivity index (χ4n) is 2.57. The molecule has 3 rings (SSSR count). The average molecular weight is 266 g/mol. The molecule has 3 nitrogen and oxygen atoms in total. The van der Waals surface area contributed by atoms with Gasteiger partial charge in [-0.3, -0.25) is 4.79 Å². The molecule has 0 amide bonds. The average Bonchev–Trinajstić information content (AvgIpc) is 3.25. The van der Waals surface area contributed by atoms with E-state index >= 15 is 0 Å². The number of hydrogen-bond donors (Lipinski definition) is 2. The number of aliphatic carboxylic acids is 1. The quantitative estimate of drug-likeness (QED) is 0.836. The lowest BCUT2D eigenvalue weighted by Gasteiger charge is -2.17. The SMILES string of the molecule is O=C(O)C1(c2ccccc2)C=C1C(O)c1ccccc1. The lowest BCUT2D eigenvalue weighted by atomic mass is 9.87. The summed E-state index contributed by atoms with van der Waals surface area (Å²) in [5.41, 5.74) is 0.758. The van der Waals surface area contributed by atoms with Crippen LogP contribution in [0.1, 0.15) is 17.2 Å². The van der Waals surface area contributed by atoms with Gasteiger partial charge in [-0.05, 0) is 16.7 Å². The largest absolute Gasteiger partial charge is 0.480 e. The van der Waals surface area contributed by atoms with Crippen molar-refractivity contribution in [2.24, 2.45) is 0 Å². The van der Waals surface area contributed by atoms with Crippen LogP contribution in [0.3, 0.4) is 0 Å². The Bertz CT molecular complexity index is 661. The standard InChI is InChI=1S/C17H14O3/c18-15(12-7-3-1-4-8-12)14-11-17(14,16(19)20)13-9-5-2-6-10-13/h1-11,15,18H,(H,19,20). The minimum absolute atomic E-state index is 0.530. The summed E-state index contributed by atoms with van der Waals surface area (Å²) in [4.78, 5) is 11.7. The van der Waals surface area contributed by atoms with Gasteiger partial charge in [-0.15, -0.1) is 0 Å². The first-order chi connectivity index (χ1) is 9.66. The summed E-state index contributed by atoms with van der Waals surface area (Å²) in [6.45, 7) is 0. The van der Waals surface area contributed by atoms with E-state index in [2.05, 4.69) is 0 Å². The van der Waals surface area contributed by atoms with Gasteiger partial charge >= 0.3 is 5.97 Å². The van der Waals surface area contributed by atoms with Gasteiger partial charge in [0.2, 0.25) is 0 Å². The first-order valence-electron chi connectivity index (χ1n) is 6.41. The molecular formula is C17H14O3. The zero-order valence-corrected chi connectivity index (χ0v) is 10.7. The molecule has 100 valence electrons. The van der Waals surface area contributed by atoms with Crippen molar-refractivity contribution in [2.45, 2.75) is 11.5 Å². The van der Waals surface area contributed by atoms with Crippen molar-refractivity contribution in [3.05, 3.63) is 83.4 Å². The van der Waals surface area contributed by atoms with Crippen LogP contribution in [0.2, 0.25) is 0 Å². The van der Waals surface area contributed by atoms with Gasteiger partial charge in [0.25, 0.3) is 0 Å². The van der Waals surface area contributed by atoms with Crippen molar-refractivity contribution >= 4 is 5.97 Å². The maximum atomic E-state index is 11.7. The first kappa shape index (κ1) is 12.6. The number of rotatable bonds is 4. The van der Waals surface area contributed by atoms with Crippen molar-refractivity contribution in [3.63, 3.8) is 0 Å². The fourth-order valence-corrected chi connectivity index (χ4v) is 2.57. The molecule has 3 heteroatoms. The zero-order valence-electron chi connectivity index (χ0n) is 10.7. The monoisotopic (exact) mass is 266 g/mol. The highest BCUT2D eigenvalue weighted by atomic mass is 16.4. The number of aliphatic hydroxyl groups is 1. The summed E-state index contributed by atoms with van der Waals surface area (Å²) in [7, 11) is 0. The minimum atomic E-state index is -1.16. The highest BCUT2D eigenvalue weighted by Gasteiger charge is 2.55. The van der Waals surface area contributed by atoms with E-state index in [4.69, 9.17) is 0 Å². The third kappa shape index (κ3) is 1.84. The number of carbonyl (C=O) groups is 1. The summed E-state index contributed by atoms with van der Waals surface area (Å²) in [6.07, 6.45) is 0.745. The highest BCUT2D eigenvalue weighted by Crippen LogP contribution is 2.52. The molecule has 2 aromatic carbocycles. The Morgan fingerprint density at radius 1 is 0.950 bits per heavy atom. The lowest BCUT2D eigenvalue weighted by molar-refractivity contribution is -0.139. The second-order valence-electron chi connectivity index (χ2n) is 4.89. The van der Waals surface area contributed by atoms with Gasteiger partial charge in [0, 0.05) is 0 Å². The third-order valence-electron chi connectivity index (χ3n) is 3.72. The minimum Gasteiger partial charge on any atom is -0.480 e. The Kier molecular flexibility index (Phi) is 2.92. The van der Waals surface area contributed by atoms with Crippen LogP contribution in [-0.4, -0.2) is 16.2 Å². The number of benzene rings is 2. The number of hydrogen-bond acceptors (Lipinski definition) is 2. The van der Waals surface area contributed by atoms with E-state index in [1.54, 1.807) is 42.5 Å². The van der Waals surface area contributed by atoms with Crippen molar-refractivity contribution < 1.29 is 15.0 Å². The first-order valence-corrected chi connectivity index (χ1v) is 6.41. The Balaban J connectivity index is 1.94. The maximum absolute atomic E-state index is 11.7. The third-order valence-corrected chi connectivity index (χ3v) is 3.72. The molecule has 0 saturated heterocycles. The predicted molar refractivity (Wildman–Crippen MR) is 75.2 cm³/mol. The van der Waals surface area contributed by atoms with Crippen LogP contribution in [-0.2, 0) is 10.2 Å². The van der Waals surface area contributed by atoms with E-state index in [1.807, 2.05) is 24.3 Å². The molecule has 0 aliphatic heterocycles. The summed E-state index contributed by atoms with van der Waals surface area (Å²) in [5, 5.41) is 19.9. The van der Waals surface area contributed by atoms with Crippen molar-refractivity contribution in [1.82, 2.24) is 0 Å². The molecule has 0 fully saturated rings. The molecule has 2 atom stereocenters. The van der Waals surface area contributed by atoms with Gasteiger partial charge < -0.3 is 10.2 Å². The van der Waals surface area contributed by atoms with Crippen LogP contribution in [0, 0.1) is 0 Å². The van der Waals surface area contributed by atoms with E-state index in [0.29, 0.717) is 16.7 Å². The lowest BCUT2D eigenvalue weighted by Crippen LogP contribution is -2.25. The van der Waals surface area contributed by atoms with Gasteiger partial charge in [-0.2, -0.15) is 0 Å². The Morgan fingerprint density at radius 2 is 1.50 bits per heavy atom. The normalized spacial score (nSPS) is 21.9. The fraction of sp³-hybridized carbons (Fsp3) is 0.118. The van der Waals surface area contributed by atoms with E-state index in [0.717, 1.165) is 0 Å². The number of carboxylic acids is 1. The van der Waals surface area contributed by atoms with E-state index in [1.165, 1.54) is 0 Å². The second-order valence-corrected chi connectivity index (χ2v) is 4.89. The molecule has 2 aromatic rings. The Hall–Kier alpha value is -2.39. The smallest absolute Gasteiger partial charge is 0.322 e. The summed E-state index contributed by atoms with van der Waals surface area (Å²) < 4.78 is 0. The predicted octanol–water partition coefficient (Wildman–Crippen LogP) is 2.68. The molecule has 1 aliphatic carbocycles. The van der Waals surface area contributed by atoms with Crippen LogP contribution < -0.4 is 0 Å². The molecular weight excluding hydrogens is 252 g/mol. The van der Waals surface area contributed by atoms with Crippen LogP contribution >= 0.6 is 0 Å². The molecule has 0 spiro atoms. The van der Waals surface area contributed by atoms with Crippen molar-refractivity contribution in [1.29, 1.82) is 0 Å². The molecule has 0 bridgehead atoms. The molecule has 0 aromatic heterocycles. The molecule has 0 saturated carbocycles. The van der Waals surface area contributed by atoms with Gasteiger partial charge in [-0.25, -0.2) is 0 Å². The zero-order chi connectivity index (χ0) is 14.2. The molecule has 2 N–H and O–H groups in total. The summed E-state index contributed by atoms with van der Waals surface area (Å²) in [6, 6.07) is 18.1. The number of carboxylic acid groups (broad SMARTS) is 1. The van der Waals surface area contributed by atoms with Crippen LogP contribution in [0.4, 0.5) is 0 Å². The van der Waals surface area contributed by atoms with Crippen molar-refractivity contribution in [3.8, 4) is 0 Å². The molecule has 0 radical (unpaired) electrons. The van der Waals surface area contributed by atoms with Gasteiger partial charge in [0.15, 0.2) is 0 Å². The van der Waals surface area contributed by atoms with Gasteiger partial charge in [-0.1, -0.05) is 66.7 Å². The van der Waals surface area contributed by atoms with Gasteiger partial charge in [0.05, 0.1) is 0 Å².